The van der Waals surface area contributed by atoms with Gasteiger partial charge in [-0.15, -0.1) is 0 Å². The number of allylic oxidation sites excluding steroid dienone is 1. The maximum atomic E-state index is 12.7. The van der Waals surface area contributed by atoms with Gasteiger partial charge in [0.2, 0.25) is 0 Å². The summed E-state index contributed by atoms with van der Waals surface area (Å²) in [6.07, 6.45) is 4.33. The first-order valence-electron chi connectivity index (χ1n) is 7.19. The van der Waals surface area contributed by atoms with Crippen LogP contribution in [0.25, 0.3) is 6.08 Å². The molecule has 2 aliphatic carbocycles. The summed E-state index contributed by atoms with van der Waals surface area (Å²) in [5, 5.41) is 0. The second-order valence-electron chi connectivity index (χ2n) is 6.98. The van der Waals surface area contributed by atoms with Gasteiger partial charge in [-0.1, -0.05) is 50.6 Å². The van der Waals surface area contributed by atoms with Crippen molar-refractivity contribution in [3.63, 3.8) is 0 Å². The summed E-state index contributed by atoms with van der Waals surface area (Å²) < 4.78 is 0. The van der Waals surface area contributed by atoms with Crippen molar-refractivity contribution in [3.8, 4) is 0 Å². The smallest absolute Gasteiger partial charge is 0.165 e. The van der Waals surface area contributed by atoms with Crippen LogP contribution in [0.2, 0.25) is 0 Å². The Labute approximate surface area is 121 Å². The van der Waals surface area contributed by atoms with Crippen LogP contribution in [0.15, 0.2) is 29.8 Å². The first-order valence-corrected chi connectivity index (χ1v) is 7.19. The fourth-order valence-electron chi connectivity index (χ4n) is 3.94. The molecule has 2 nitrogen and oxygen atoms in total. The third kappa shape index (κ3) is 1.78. The third-order valence-electron chi connectivity index (χ3n) is 5.76. The summed E-state index contributed by atoms with van der Waals surface area (Å²) >= 11 is 0. The predicted molar refractivity (Wildman–Crippen MR) is 82.4 cm³/mol. The second kappa shape index (κ2) is 4.56. The van der Waals surface area contributed by atoms with Gasteiger partial charge < -0.3 is 5.48 Å². The van der Waals surface area contributed by atoms with Gasteiger partial charge in [-0.25, -0.2) is 0 Å². The molecule has 1 aromatic carbocycles. The Morgan fingerprint density at radius 1 is 1.15 bits per heavy atom. The van der Waals surface area contributed by atoms with Crippen LogP contribution in [-0.2, 0) is 4.79 Å². The van der Waals surface area contributed by atoms with Crippen LogP contribution in [0.3, 0.4) is 0 Å². The van der Waals surface area contributed by atoms with Crippen molar-refractivity contribution in [2.45, 2.75) is 40.5 Å². The molecular formula is C18H24O2. The van der Waals surface area contributed by atoms with Crippen molar-refractivity contribution in [1.29, 1.82) is 0 Å². The summed E-state index contributed by atoms with van der Waals surface area (Å²) in [4.78, 5) is 12.7. The fraction of sp³-hybridized carbons (Fsp3) is 0.500. The lowest BCUT2D eigenvalue weighted by atomic mass is 9.70. The molecule has 0 aliphatic heterocycles. The number of fused-ring (bicyclic) bond motifs is 2. The largest absolute Gasteiger partial charge is 0.412 e. The highest BCUT2D eigenvalue weighted by molar-refractivity contribution is 6.07. The Balaban J connectivity index is 0.00000147. The molecule has 2 bridgehead atoms. The third-order valence-corrected chi connectivity index (χ3v) is 5.76. The van der Waals surface area contributed by atoms with Gasteiger partial charge in [0.25, 0.3) is 0 Å². The molecule has 0 heterocycles. The van der Waals surface area contributed by atoms with E-state index in [0.29, 0.717) is 11.7 Å². The van der Waals surface area contributed by atoms with E-state index in [0.717, 1.165) is 24.0 Å². The molecule has 0 radical (unpaired) electrons. The molecule has 0 amide bonds. The van der Waals surface area contributed by atoms with Crippen LogP contribution in [0.1, 0.15) is 44.7 Å². The van der Waals surface area contributed by atoms with E-state index >= 15 is 0 Å². The number of Topliss-reactive ketones (excluding diaryl/α,β-unsaturated/α-hetero) is 1. The van der Waals surface area contributed by atoms with Crippen LogP contribution in [-0.4, -0.2) is 11.3 Å². The van der Waals surface area contributed by atoms with E-state index in [9.17, 15) is 4.79 Å². The van der Waals surface area contributed by atoms with Crippen molar-refractivity contribution >= 4 is 11.9 Å². The minimum absolute atomic E-state index is 0. The van der Waals surface area contributed by atoms with Crippen LogP contribution >= 0.6 is 0 Å². The Bertz CT molecular complexity index is 566. The molecule has 108 valence electrons. The monoisotopic (exact) mass is 272 g/mol. The average Bonchev–Trinajstić information content (AvgIpc) is 2.66. The molecule has 20 heavy (non-hydrogen) atoms. The first kappa shape index (κ1) is 15.0. The molecule has 2 saturated carbocycles. The minimum atomic E-state index is -0.145. The molecule has 0 saturated heterocycles. The Hall–Kier alpha value is -1.41. The van der Waals surface area contributed by atoms with Crippen LogP contribution in [0, 0.1) is 23.7 Å². The topological polar surface area (TPSA) is 48.6 Å². The normalized spacial score (nSPS) is 32.5. The summed E-state index contributed by atoms with van der Waals surface area (Å²) in [7, 11) is 0. The van der Waals surface area contributed by atoms with Crippen molar-refractivity contribution < 1.29 is 10.3 Å². The lowest BCUT2D eigenvalue weighted by Gasteiger charge is -2.31. The highest BCUT2D eigenvalue weighted by Crippen LogP contribution is 2.65. The van der Waals surface area contributed by atoms with E-state index in [2.05, 4.69) is 58.0 Å². The molecule has 2 N–H and O–H groups in total. The zero-order valence-corrected chi connectivity index (χ0v) is 12.8. The zero-order valence-electron chi connectivity index (χ0n) is 12.8. The van der Waals surface area contributed by atoms with Crippen molar-refractivity contribution in [1.82, 2.24) is 0 Å². The van der Waals surface area contributed by atoms with Gasteiger partial charge in [0.1, 0.15) is 0 Å². The standard InChI is InChI=1S/C18H22O.H2O/c1-12-5-7-13(8-6-12)11-14-15-9-10-18(4,16(14)19)17(15,2)3;/h5-8,11,15H,9-10H2,1-4H3;1H2. The second-order valence-corrected chi connectivity index (χ2v) is 6.98. The minimum Gasteiger partial charge on any atom is -0.412 e. The van der Waals surface area contributed by atoms with E-state index in [1.807, 2.05) is 0 Å². The summed E-state index contributed by atoms with van der Waals surface area (Å²) in [6, 6.07) is 8.43. The van der Waals surface area contributed by atoms with E-state index in [1.165, 1.54) is 5.56 Å². The van der Waals surface area contributed by atoms with Crippen LogP contribution in [0.5, 0.6) is 0 Å². The van der Waals surface area contributed by atoms with Crippen molar-refractivity contribution in [3.05, 3.63) is 41.0 Å². The Kier molecular flexibility index (Phi) is 3.42. The zero-order chi connectivity index (χ0) is 13.8. The molecule has 2 fully saturated rings. The number of carbonyl (C=O) groups excluding carboxylic acids is 1. The number of rotatable bonds is 1. The van der Waals surface area contributed by atoms with E-state index < -0.39 is 0 Å². The first-order chi connectivity index (χ1) is 8.86. The molecule has 1 aromatic rings. The highest BCUT2D eigenvalue weighted by atomic mass is 16.1. The molecule has 2 unspecified atom stereocenters. The van der Waals surface area contributed by atoms with Gasteiger partial charge in [0.05, 0.1) is 0 Å². The highest BCUT2D eigenvalue weighted by Gasteiger charge is 2.63. The molecule has 0 aromatic heterocycles. The maximum Gasteiger partial charge on any atom is 0.165 e. The molecule has 2 heteroatoms. The number of carbonyl (C=O) groups is 1. The SMILES string of the molecule is Cc1ccc(C=C2C(=O)C3(C)CCC2C3(C)C)cc1.O. The van der Waals surface area contributed by atoms with E-state index in [4.69, 9.17) is 0 Å². The number of hydrogen-bond donors (Lipinski definition) is 0. The fourth-order valence-corrected chi connectivity index (χ4v) is 3.94. The van der Waals surface area contributed by atoms with Gasteiger partial charge in [0.15, 0.2) is 5.78 Å². The van der Waals surface area contributed by atoms with E-state index in [1.54, 1.807) is 0 Å². The molecular weight excluding hydrogens is 248 g/mol. The van der Waals surface area contributed by atoms with Gasteiger partial charge in [-0.2, -0.15) is 0 Å². The van der Waals surface area contributed by atoms with Crippen molar-refractivity contribution in [2.75, 3.05) is 0 Å². The van der Waals surface area contributed by atoms with Crippen LogP contribution < -0.4 is 0 Å². The molecule has 3 rings (SSSR count). The average molecular weight is 272 g/mol. The number of benzene rings is 1. The van der Waals surface area contributed by atoms with Crippen molar-refractivity contribution in [2.24, 2.45) is 16.7 Å². The number of ketones is 1. The van der Waals surface area contributed by atoms with Gasteiger partial charge >= 0.3 is 0 Å². The lowest BCUT2D eigenvalue weighted by molar-refractivity contribution is -0.125. The number of hydrogen-bond acceptors (Lipinski definition) is 1. The maximum absolute atomic E-state index is 12.7. The molecule has 2 aliphatic rings. The van der Waals surface area contributed by atoms with Gasteiger partial charge in [0, 0.05) is 5.41 Å². The lowest BCUT2D eigenvalue weighted by Crippen LogP contribution is -2.32. The quantitative estimate of drug-likeness (QED) is 0.721. The predicted octanol–water partition coefficient (Wildman–Crippen LogP) is 3.58. The Morgan fingerprint density at radius 2 is 1.75 bits per heavy atom. The molecule has 2 atom stereocenters. The Morgan fingerprint density at radius 3 is 2.25 bits per heavy atom. The summed E-state index contributed by atoms with van der Waals surface area (Å²) in [5.41, 5.74) is 3.44. The van der Waals surface area contributed by atoms with Crippen LogP contribution in [0.4, 0.5) is 0 Å². The number of aryl methyl sites for hydroxylation is 1. The van der Waals surface area contributed by atoms with E-state index in [-0.39, 0.29) is 16.3 Å². The summed E-state index contributed by atoms with van der Waals surface area (Å²) in [6.45, 7) is 8.77. The molecule has 0 spiro atoms. The summed E-state index contributed by atoms with van der Waals surface area (Å²) in [5.74, 6) is 0.820. The van der Waals surface area contributed by atoms with Gasteiger partial charge in [-0.3, -0.25) is 4.79 Å². The van der Waals surface area contributed by atoms with Gasteiger partial charge in [-0.05, 0) is 48.3 Å².